The molecule has 1 aromatic carbocycles. The lowest BCUT2D eigenvalue weighted by atomic mass is 10.2. The number of anilines is 2. The van der Waals surface area contributed by atoms with E-state index in [4.69, 9.17) is 5.73 Å². The second kappa shape index (κ2) is 5.53. The van der Waals surface area contributed by atoms with Crippen LogP contribution in [0.5, 0.6) is 0 Å². The van der Waals surface area contributed by atoms with Gasteiger partial charge >= 0.3 is 0 Å². The van der Waals surface area contributed by atoms with Gasteiger partial charge < -0.3 is 15.6 Å². The third-order valence-corrected chi connectivity index (χ3v) is 2.80. The Hall–Kier alpha value is -2.04. The van der Waals surface area contributed by atoms with Crippen molar-refractivity contribution in [1.82, 2.24) is 9.55 Å². The summed E-state index contributed by atoms with van der Waals surface area (Å²) in [7, 11) is 0. The van der Waals surface area contributed by atoms with E-state index < -0.39 is 0 Å². The molecule has 0 fully saturated rings. The highest BCUT2D eigenvalue weighted by molar-refractivity contribution is 5.67. The van der Waals surface area contributed by atoms with Crippen LogP contribution in [-0.4, -0.2) is 16.1 Å². The summed E-state index contributed by atoms with van der Waals surface area (Å²) in [5, 5.41) is 3.22. The molecule has 96 valence electrons. The summed E-state index contributed by atoms with van der Waals surface area (Å²) < 4.78 is 15.2. The minimum absolute atomic E-state index is 0.267. The molecule has 5 heteroatoms. The number of hydrogen-bond donors (Lipinski definition) is 2. The third-order valence-electron chi connectivity index (χ3n) is 2.80. The van der Waals surface area contributed by atoms with Gasteiger partial charge in [-0.15, -0.1) is 0 Å². The second-order valence-electron chi connectivity index (χ2n) is 4.27. The quantitative estimate of drug-likeness (QED) is 0.631. The second-order valence-corrected chi connectivity index (χ2v) is 4.27. The highest BCUT2D eigenvalue weighted by atomic mass is 19.1. The van der Waals surface area contributed by atoms with Crippen LogP contribution in [-0.2, 0) is 6.54 Å². The van der Waals surface area contributed by atoms with Crippen molar-refractivity contribution >= 4 is 11.4 Å². The topological polar surface area (TPSA) is 55.9 Å². The fourth-order valence-corrected chi connectivity index (χ4v) is 1.75. The molecular weight excluding hydrogens is 231 g/mol. The number of rotatable bonds is 5. The SMILES string of the molecule is Cc1cc(NCCCn2ccnc2)c(N)cc1F. The summed E-state index contributed by atoms with van der Waals surface area (Å²) in [4.78, 5) is 3.98. The van der Waals surface area contributed by atoms with E-state index in [0.29, 0.717) is 11.3 Å². The Labute approximate surface area is 106 Å². The molecule has 4 nitrogen and oxygen atoms in total. The van der Waals surface area contributed by atoms with Crippen LogP contribution in [0.2, 0.25) is 0 Å². The Balaban J connectivity index is 1.85. The number of nitrogens with zero attached hydrogens (tertiary/aromatic N) is 2. The van der Waals surface area contributed by atoms with E-state index in [9.17, 15) is 4.39 Å². The predicted octanol–water partition coefficient (Wildman–Crippen LogP) is 2.42. The molecule has 2 aromatic rings. The van der Waals surface area contributed by atoms with Gasteiger partial charge in [0.1, 0.15) is 5.82 Å². The standard InChI is InChI=1S/C13H17FN4/c1-10-7-13(12(15)8-11(10)14)17-3-2-5-18-6-4-16-9-18/h4,6-9,17H,2-3,5,15H2,1H3. The normalized spacial score (nSPS) is 10.6. The first-order valence-corrected chi connectivity index (χ1v) is 5.92. The molecule has 0 aliphatic heterocycles. The summed E-state index contributed by atoms with van der Waals surface area (Å²) in [5.74, 6) is -0.267. The molecule has 0 amide bonds. The van der Waals surface area contributed by atoms with E-state index >= 15 is 0 Å². The number of nitrogens with two attached hydrogens (primary N) is 1. The fourth-order valence-electron chi connectivity index (χ4n) is 1.75. The highest BCUT2D eigenvalue weighted by Gasteiger charge is 2.04. The Morgan fingerprint density at radius 1 is 1.44 bits per heavy atom. The summed E-state index contributed by atoms with van der Waals surface area (Å²) in [5.41, 5.74) is 7.58. The van der Waals surface area contributed by atoms with Crippen LogP contribution in [0.3, 0.4) is 0 Å². The molecule has 0 saturated heterocycles. The molecule has 0 spiro atoms. The monoisotopic (exact) mass is 248 g/mol. The van der Waals surface area contributed by atoms with E-state index in [2.05, 4.69) is 10.3 Å². The smallest absolute Gasteiger partial charge is 0.128 e. The zero-order valence-electron chi connectivity index (χ0n) is 10.4. The van der Waals surface area contributed by atoms with Gasteiger partial charge in [0.25, 0.3) is 0 Å². The van der Waals surface area contributed by atoms with Gasteiger partial charge in [-0.3, -0.25) is 0 Å². The first-order chi connectivity index (χ1) is 8.66. The van der Waals surface area contributed by atoms with Crippen molar-refractivity contribution in [3.8, 4) is 0 Å². The molecule has 0 radical (unpaired) electrons. The van der Waals surface area contributed by atoms with E-state index in [-0.39, 0.29) is 5.82 Å². The average molecular weight is 248 g/mol. The lowest BCUT2D eigenvalue weighted by Crippen LogP contribution is -2.08. The molecule has 0 aliphatic rings. The van der Waals surface area contributed by atoms with E-state index in [1.165, 1.54) is 6.07 Å². The molecular formula is C13H17FN4. The van der Waals surface area contributed by atoms with Crippen molar-refractivity contribution in [3.05, 3.63) is 42.2 Å². The van der Waals surface area contributed by atoms with E-state index in [1.807, 2.05) is 10.8 Å². The maximum Gasteiger partial charge on any atom is 0.128 e. The fraction of sp³-hybridized carbons (Fsp3) is 0.308. The Bertz CT molecular complexity index is 508. The van der Waals surface area contributed by atoms with Gasteiger partial charge in [0.2, 0.25) is 0 Å². The first kappa shape index (κ1) is 12.4. The van der Waals surface area contributed by atoms with Crippen LogP contribution in [0.1, 0.15) is 12.0 Å². The number of aryl methyl sites for hydroxylation is 2. The highest BCUT2D eigenvalue weighted by Crippen LogP contribution is 2.22. The number of imidazole rings is 1. The van der Waals surface area contributed by atoms with E-state index in [1.54, 1.807) is 25.5 Å². The van der Waals surface area contributed by atoms with Gasteiger partial charge in [0.15, 0.2) is 0 Å². The zero-order valence-corrected chi connectivity index (χ0v) is 10.4. The summed E-state index contributed by atoms with van der Waals surface area (Å²) >= 11 is 0. The lowest BCUT2D eigenvalue weighted by Gasteiger charge is -2.11. The van der Waals surface area contributed by atoms with Crippen molar-refractivity contribution in [2.75, 3.05) is 17.6 Å². The molecule has 3 N–H and O–H groups in total. The third kappa shape index (κ3) is 3.00. The molecule has 0 bridgehead atoms. The number of hydrogen-bond acceptors (Lipinski definition) is 3. The maximum absolute atomic E-state index is 13.2. The predicted molar refractivity (Wildman–Crippen MR) is 70.9 cm³/mol. The van der Waals surface area contributed by atoms with Crippen LogP contribution >= 0.6 is 0 Å². The lowest BCUT2D eigenvalue weighted by molar-refractivity contribution is 0.619. The number of aromatic nitrogens is 2. The average Bonchev–Trinajstić information content (AvgIpc) is 2.84. The van der Waals surface area contributed by atoms with Crippen LogP contribution in [0, 0.1) is 12.7 Å². The minimum atomic E-state index is -0.267. The Morgan fingerprint density at radius 2 is 2.28 bits per heavy atom. The molecule has 0 atom stereocenters. The van der Waals surface area contributed by atoms with Crippen molar-refractivity contribution in [3.63, 3.8) is 0 Å². The van der Waals surface area contributed by atoms with Crippen LogP contribution in [0.4, 0.5) is 15.8 Å². The van der Waals surface area contributed by atoms with Gasteiger partial charge in [-0.05, 0) is 31.0 Å². The molecule has 1 heterocycles. The molecule has 18 heavy (non-hydrogen) atoms. The van der Waals surface area contributed by atoms with Crippen molar-refractivity contribution in [1.29, 1.82) is 0 Å². The van der Waals surface area contributed by atoms with Gasteiger partial charge in [-0.1, -0.05) is 0 Å². The molecule has 0 unspecified atom stereocenters. The summed E-state index contributed by atoms with van der Waals surface area (Å²) in [6, 6.07) is 3.09. The number of halogens is 1. The molecule has 1 aromatic heterocycles. The van der Waals surface area contributed by atoms with Crippen LogP contribution < -0.4 is 11.1 Å². The summed E-state index contributed by atoms with van der Waals surface area (Å²) in [6.07, 6.45) is 6.42. The maximum atomic E-state index is 13.2. The zero-order chi connectivity index (χ0) is 13.0. The van der Waals surface area contributed by atoms with Crippen molar-refractivity contribution in [2.45, 2.75) is 19.9 Å². The molecule has 2 rings (SSSR count). The number of nitrogen functional groups attached to an aromatic ring is 1. The van der Waals surface area contributed by atoms with E-state index in [0.717, 1.165) is 25.2 Å². The van der Waals surface area contributed by atoms with Gasteiger partial charge in [0.05, 0.1) is 17.7 Å². The largest absolute Gasteiger partial charge is 0.397 e. The van der Waals surface area contributed by atoms with Gasteiger partial charge in [-0.25, -0.2) is 9.37 Å². The summed E-state index contributed by atoms with van der Waals surface area (Å²) in [6.45, 7) is 3.41. The van der Waals surface area contributed by atoms with Crippen LogP contribution in [0.25, 0.3) is 0 Å². The van der Waals surface area contributed by atoms with Gasteiger partial charge in [-0.2, -0.15) is 0 Å². The van der Waals surface area contributed by atoms with Crippen LogP contribution in [0.15, 0.2) is 30.9 Å². The molecule has 0 aliphatic carbocycles. The first-order valence-electron chi connectivity index (χ1n) is 5.92. The Kier molecular flexibility index (Phi) is 3.82. The number of nitrogens with one attached hydrogen (secondary N) is 1. The number of benzene rings is 1. The van der Waals surface area contributed by atoms with Crippen molar-refractivity contribution < 1.29 is 4.39 Å². The minimum Gasteiger partial charge on any atom is -0.397 e. The molecule has 0 saturated carbocycles. The Morgan fingerprint density at radius 3 is 3.00 bits per heavy atom. The van der Waals surface area contributed by atoms with Crippen molar-refractivity contribution in [2.24, 2.45) is 0 Å². The van der Waals surface area contributed by atoms with Gasteiger partial charge in [0, 0.05) is 25.5 Å².